The zero-order valence-corrected chi connectivity index (χ0v) is 18.3. The first-order valence-electron chi connectivity index (χ1n) is 10.0. The number of nitro groups is 1. The van der Waals surface area contributed by atoms with E-state index in [1.165, 1.54) is 31.0 Å². The number of amides is 1. The summed E-state index contributed by atoms with van der Waals surface area (Å²) in [6.45, 7) is 4.59. The Morgan fingerprint density at radius 2 is 1.90 bits per heavy atom. The number of aryl methyl sites for hydroxylation is 1. The molecule has 31 heavy (non-hydrogen) atoms. The molecule has 11 nitrogen and oxygen atoms in total. The summed E-state index contributed by atoms with van der Waals surface area (Å²) < 4.78 is 13.3. The standard InChI is InChI=1S/C20H27N5O6/c1-12(2)24-18(21-22(3)20(24)27)13-7-6-8-23(11-13)19(26)14-9-16(30-4)17(31-5)10-15(14)25(28)29/h9-10,12-13H,6-8,11H2,1-5H3. The van der Waals surface area contributed by atoms with E-state index in [1.54, 1.807) is 16.5 Å². The molecule has 1 fully saturated rings. The molecule has 2 aromatic rings. The first-order chi connectivity index (χ1) is 14.7. The highest BCUT2D eigenvalue weighted by molar-refractivity contribution is 5.99. The number of likely N-dealkylation sites (tertiary alicyclic amines) is 1. The summed E-state index contributed by atoms with van der Waals surface area (Å²) >= 11 is 0. The Hall–Kier alpha value is -3.37. The summed E-state index contributed by atoms with van der Waals surface area (Å²) in [7, 11) is 4.38. The number of rotatable bonds is 6. The van der Waals surface area contributed by atoms with Gasteiger partial charge in [0, 0.05) is 38.2 Å². The molecule has 1 aromatic heterocycles. The lowest BCUT2D eigenvalue weighted by Crippen LogP contribution is -2.40. The highest BCUT2D eigenvalue weighted by Crippen LogP contribution is 2.36. The molecule has 1 amide bonds. The van der Waals surface area contributed by atoms with Gasteiger partial charge in [-0.1, -0.05) is 0 Å². The fourth-order valence-corrected chi connectivity index (χ4v) is 4.00. The first-order valence-corrected chi connectivity index (χ1v) is 10.0. The molecule has 1 atom stereocenters. The molecule has 0 N–H and O–H groups in total. The van der Waals surface area contributed by atoms with Gasteiger partial charge in [-0.05, 0) is 26.7 Å². The normalized spacial score (nSPS) is 16.5. The average Bonchev–Trinajstić information content (AvgIpc) is 3.06. The molecule has 11 heteroatoms. The van der Waals surface area contributed by atoms with Crippen molar-refractivity contribution in [3.05, 3.63) is 44.1 Å². The van der Waals surface area contributed by atoms with Crippen molar-refractivity contribution >= 4 is 11.6 Å². The number of hydrogen-bond donors (Lipinski definition) is 0. The van der Waals surface area contributed by atoms with Crippen LogP contribution < -0.4 is 15.2 Å². The van der Waals surface area contributed by atoms with Crippen molar-refractivity contribution in [3.8, 4) is 11.5 Å². The maximum absolute atomic E-state index is 13.3. The van der Waals surface area contributed by atoms with Crippen molar-refractivity contribution in [2.24, 2.45) is 7.05 Å². The number of hydrogen-bond acceptors (Lipinski definition) is 7. The van der Waals surface area contributed by atoms with E-state index < -0.39 is 10.8 Å². The third-order valence-corrected chi connectivity index (χ3v) is 5.50. The predicted molar refractivity (Wildman–Crippen MR) is 112 cm³/mol. The van der Waals surface area contributed by atoms with Crippen molar-refractivity contribution in [2.45, 2.75) is 38.6 Å². The maximum Gasteiger partial charge on any atom is 0.345 e. The van der Waals surface area contributed by atoms with Gasteiger partial charge in [-0.3, -0.25) is 19.5 Å². The average molecular weight is 433 g/mol. The number of ether oxygens (including phenoxy) is 2. The summed E-state index contributed by atoms with van der Waals surface area (Å²) in [5.41, 5.74) is -0.615. The van der Waals surface area contributed by atoms with E-state index in [-0.39, 0.29) is 40.4 Å². The third kappa shape index (κ3) is 4.12. The molecule has 3 rings (SSSR count). The summed E-state index contributed by atoms with van der Waals surface area (Å²) in [6.07, 6.45) is 1.46. The van der Waals surface area contributed by atoms with Crippen molar-refractivity contribution in [1.82, 2.24) is 19.2 Å². The van der Waals surface area contributed by atoms with Gasteiger partial charge in [-0.25, -0.2) is 9.48 Å². The van der Waals surface area contributed by atoms with Crippen molar-refractivity contribution < 1.29 is 19.2 Å². The molecule has 0 aliphatic carbocycles. The van der Waals surface area contributed by atoms with Gasteiger partial charge < -0.3 is 14.4 Å². The third-order valence-electron chi connectivity index (χ3n) is 5.50. The van der Waals surface area contributed by atoms with Crippen molar-refractivity contribution in [1.29, 1.82) is 0 Å². The van der Waals surface area contributed by atoms with Crippen LogP contribution in [0.2, 0.25) is 0 Å². The van der Waals surface area contributed by atoms with Gasteiger partial charge in [0.05, 0.1) is 25.2 Å². The molecule has 1 aliphatic rings. The molecule has 2 heterocycles. The van der Waals surface area contributed by atoms with Crippen LogP contribution in [0.4, 0.5) is 5.69 Å². The molecule has 1 unspecified atom stereocenters. The minimum Gasteiger partial charge on any atom is -0.493 e. The van der Waals surface area contributed by atoms with E-state index in [4.69, 9.17) is 9.47 Å². The number of aromatic nitrogens is 3. The number of carbonyl (C=O) groups excluding carboxylic acids is 1. The monoisotopic (exact) mass is 433 g/mol. The molecule has 1 saturated heterocycles. The van der Waals surface area contributed by atoms with Gasteiger partial charge in [0.15, 0.2) is 11.5 Å². The van der Waals surface area contributed by atoms with Crippen molar-refractivity contribution in [3.63, 3.8) is 0 Å². The Balaban J connectivity index is 1.96. The molecule has 168 valence electrons. The molecule has 0 saturated carbocycles. The summed E-state index contributed by atoms with van der Waals surface area (Å²) in [6, 6.07) is 2.46. The number of nitrogens with zero attached hydrogens (tertiary/aromatic N) is 5. The van der Waals surface area contributed by atoms with Crippen LogP contribution in [0.3, 0.4) is 0 Å². The van der Waals surface area contributed by atoms with Crippen LogP contribution in [-0.4, -0.2) is 57.4 Å². The second-order valence-corrected chi connectivity index (χ2v) is 7.80. The molecule has 1 aliphatic heterocycles. The topological polar surface area (TPSA) is 122 Å². The second kappa shape index (κ2) is 8.78. The minimum absolute atomic E-state index is 0.0643. The van der Waals surface area contributed by atoms with Crippen LogP contribution in [0.25, 0.3) is 0 Å². The number of methoxy groups -OCH3 is 2. The first kappa shape index (κ1) is 22.3. The Bertz CT molecular complexity index is 1060. The molecular formula is C20H27N5O6. The van der Waals surface area contributed by atoms with Gasteiger partial charge in [-0.15, -0.1) is 0 Å². The zero-order valence-electron chi connectivity index (χ0n) is 18.3. The number of carbonyl (C=O) groups is 1. The van der Waals surface area contributed by atoms with Crippen LogP contribution in [0.5, 0.6) is 11.5 Å². The molecule has 0 bridgehead atoms. The van der Waals surface area contributed by atoms with E-state index >= 15 is 0 Å². The lowest BCUT2D eigenvalue weighted by Gasteiger charge is -2.32. The van der Waals surface area contributed by atoms with E-state index in [0.29, 0.717) is 25.3 Å². The number of piperidine rings is 1. The molecule has 0 spiro atoms. The van der Waals surface area contributed by atoms with Crippen LogP contribution >= 0.6 is 0 Å². The summed E-state index contributed by atoms with van der Waals surface area (Å²) in [5.74, 6) is 0.432. The van der Waals surface area contributed by atoms with Gasteiger partial charge in [-0.2, -0.15) is 5.10 Å². The Morgan fingerprint density at radius 3 is 2.48 bits per heavy atom. The van der Waals surface area contributed by atoms with Crippen LogP contribution in [-0.2, 0) is 7.05 Å². The van der Waals surface area contributed by atoms with Crippen molar-refractivity contribution in [2.75, 3.05) is 27.3 Å². The van der Waals surface area contributed by atoms with Crippen LogP contribution in [0.15, 0.2) is 16.9 Å². The minimum atomic E-state index is -0.605. The maximum atomic E-state index is 13.3. The summed E-state index contributed by atoms with van der Waals surface area (Å²) in [4.78, 5) is 38.3. The second-order valence-electron chi connectivity index (χ2n) is 7.80. The quantitative estimate of drug-likeness (QED) is 0.505. The largest absolute Gasteiger partial charge is 0.493 e. The lowest BCUT2D eigenvalue weighted by molar-refractivity contribution is -0.385. The Kier molecular flexibility index (Phi) is 6.32. The van der Waals surface area contributed by atoms with Gasteiger partial charge in [0.1, 0.15) is 11.4 Å². The highest BCUT2D eigenvalue weighted by atomic mass is 16.6. The predicted octanol–water partition coefficient (Wildman–Crippen LogP) is 2.11. The fraction of sp³-hybridized carbons (Fsp3) is 0.550. The molecular weight excluding hydrogens is 406 g/mol. The van der Waals surface area contributed by atoms with Gasteiger partial charge in [0.2, 0.25) is 0 Å². The van der Waals surface area contributed by atoms with Gasteiger partial charge in [0.25, 0.3) is 11.6 Å². The van der Waals surface area contributed by atoms with Gasteiger partial charge >= 0.3 is 5.69 Å². The molecule has 1 aromatic carbocycles. The van der Waals surface area contributed by atoms with Crippen LogP contribution in [0.1, 0.15) is 54.8 Å². The van der Waals surface area contributed by atoms with E-state index in [0.717, 1.165) is 6.42 Å². The lowest BCUT2D eigenvalue weighted by atomic mass is 9.96. The summed E-state index contributed by atoms with van der Waals surface area (Å²) in [5, 5.41) is 16.0. The molecule has 0 radical (unpaired) electrons. The number of nitro benzene ring substituents is 1. The SMILES string of the molecule is COc1cc(C(=O)N2CCCC(c3nn(C)c(=O)n3C(C)C)C2)c([N+](=O)[O-])cc1OC. The van der Waals surface area contributed by atoms with E-state index in [1.807, 2.05) is 13.8 Å². The fourth-order valence-electron chi connectivity index (χ4n) is 4.00. The Morgan fingerprint density at radius 1 is 1.26 bits per heavy atom. The smallest absolute Gasteiger partial charge is 0.345 e. The highest BCUT2D eigenvalue weighted by Gasteiger charge is 2.33. The Labute approximate surface area is 179 Å². The van der Waals surface area contributed by atoms with Crippen LogP contribution in [0, 0.1) is 10.1 Å². The van der Waals surface area contributed by atoms with E-state index in [2.05, 4.69) is 5.10 Å². The zero-order chi connectivity index (χ0) is 22.9. The van der Waals surface area contributed by atoms with E-state index in [9.17, 15) is 19.7 Å². The number of benzene rings is 1.